The van der Waals surface area contributed by atoms with Crippen molar-refractivity contribution in [2.45, 2.75) is 30.6 Å². The zero-order valence-electron chi connectivity index (χ0n) is 14.6. The van der Waals surface area contributed by atoms with E-state index in [1.165, 1.54) is 22.5 Å². The monoisotopic (exact) mass is 470 g/mol. The fourth-order valence-electron chi connectivity index (χ4n) is 3.00. The fourth-order valence-corrected chi connectivity index (χ4v) is 4.97. The van der Waals surface area contributed by atoms with E-state index in [0.29, 0.717) is 23.8 Å². The smallest absolute Gasteiger partial charge is 0.243 e. The van der Waals surface area contributed by atoms with E-state index in [4.69, 9.17) is 11.6 Å². The van der Waals surface area contributed by atoms with Crippen LogP contribution in [0.1, 0.15) is 24.8 Å². The molecule has 0 atom stereocenters. The number of nitrogens with one attached hydrogen (secondary N) is 1. The van der Waals surface area contributed by atoms with Crippen molar-refractivity contribution in [3.63, 3.8) is 0 Å². The van der Waals surface area contributed by atoms with Gasteiger partial charge in [-0.05, 0) is 48.7 Å². The molecule has 144 valence electrons. The Morgan fingerprint density at radius 3 is 2.41 bits per heavy atom. The van der Waals surface area contributed by atoms with Crippen molar-refractivity contribution < 1.29 is 13.2 Å². The Bertz CT molecular complexity index is 926. The van der Waals surface area contributed by atoms with Crippen LogP contribution in [-0.4, -0.2) is 31.7 Å². The third-order valence-corrected chi connectivity index (χ3v) is 7.20. The number of hydrogen-bond donors (Lipinski definition) is 1. The van der Waals surface area contributed by atoms with Crippen molar-refractivity contribution in [2.75, 3.05) is 18.4 Å². The fraction of sp³-hybridized carbons (Fsp3) is 0.316. The maximum Gasteiger partial charge on any atom is 0.243 e. The molecule has 1 aliphatic rings. The molecular weight excluding hydrogens is 452 g/mol. The van der Waals surface area contributed by atoms with Gasteiger partial charge in [0.15, 0.2) is 0 Å². The van der Waals surface area contributed by atoms with E-state index in [1.54, 1.807) is 0 Å². The highest BCUT2D eigenvalue weighted by Gasteiger charge is 2.26. The first kappa shape index (κ1) is 20.3. The molecule has 1 N–H and O–H groups in total. The summed E-state index contributed by atoms with van der Waals surface area (Å²) in [4.78, 5) is 12.5. The third-order valence-electron chi connectivity index (χ3n) is 4.44. The average molecular weight is 472 g/mol. The summed E-state index contributed by atoms with van der Waals surface area (Å²) < 4.78 is 28.1. The first-order valence-electron chi connectivity index (χ1n) is 8.70. The summed E-state index contributed by atoms with van der Waals surface area (Å²) in [6.07, 6.45) is 2.95. The molecule has 0 bridgehead atoms. The highest BCUT2D eigenvalue weighted by Crippen LogP contribution is 2.28. The Balaban J connectivity index is 1.76. The summed E-state index contributed by atoms with van der Waals surface area (Å²) in [5, 5.41) is 3.03. The van der Waals surface area contributed by atoms with Gasteiger partial charge in [-0.25, -0.2) is 8.42 Å². The number of anilines is 1. The summed E-state index contributed by atoms with van der Waals surface area (Å²) in [6.45, 7) is 1.05. The van der Waals surface area contributed by atoms with Crippen molar-refractivity contribution in [3.05, 3.63) is 57.5 Å². The first-order valence-corrected chi connectivity index (χ1v) is 11.3. The first-order chi connectivity index (χ1) is 12.9. The number of amides is 1. The topological polar surface area (TPSA) is 66.5 Å². The molecule has 27 heavy (non-hydrogen) atoms. The molecule has 8 heteroatoms. The van der Waals surface area contributed by atoms with Crippen molar-refractivity contribution in [1.82, 2.24) is 4.31 Å². The van der Waals surface area contributed by atoms with Crippen molar-refractivity contribution in [2.24, 2.45) is 0 Å². The maximum atomic E-state index is 12.8. The van der Waals surface area contributed by atoms with Crippen molar-refractivity contribution >= 4 is 49.1 Å². The quantitative estimate of drug-likeness (QED) is 0.700. The normalized spacial score (nSPS) is 15.5. The van der Waals surface area contributed by atoms with Crippen LogP contribution in [-0.2, 0) is 21.2 Å². The molecule has 1 fully saturated rings. The van der Waals surface area contributed by atoms with Gasteiger partial charge in [-0.3, -0.25) is 4.79 Å². The van der Waals surface area contributed by atoms with Gasteiger partial charge >= 0.3 is 0 Å². The van der Waals surface area contributed by atoms with Crippen LogP contribution in [0.2, 0.25) is 5.02 Å². The molecule has 3 rings (SSSR count). The van der Waals surface area contributed by atoms with Gasteiger partial charge < -0.3 is 5.32 Å². The second-order valence-corrected chi connectivity index (χ2v) is 9.72. The SMILES string of the molecule is O=C(Cc1ccc(Br)cc1)Nc1cc(S(=O)(=O)N2CCCCC2)ccc1Cl. The van der Waals surface area contributed by atoms with Crippen LogP contribution in [0.4, 0.5) is 5.69 Å². The number of carbonyl (C=O) groups is 1. The Morgan fingerprint density at radius 1 is 1.07 bits per heavy atom. The number of halogens is 2. The molecule has 0 saturated carbocycles. The highest BCUT2D eigenvalue weighted by atomic mass is 79.9. The number of rotatable bonds is 5. The van der Waals surface area contributed by atoms with Gasteiger partial charge in [0.25, 0.3) is 0 Å². The molecule has 0 aromatic heterocycles. The Kier molecular flexibility index (Phi) is 6.57. The third kappa shape index (κ3) is 5.10. The standard InChI is InChI=1S/C19H20BrClN2O3S/c20-15-6-4-14(5-7-15)12-19(24)22-18-13-16(8-9-17(18)21)27(25,26)23-10-2-1-3-11-23/h4-9,13H,1-3,10-12H2,(H,22,24). The lowest BCUT2D eigenvalue weighted by molar-refractivity contribution is -0.115. The number of carbonyl (C=O) groups excluding carboxylic acids is 1. The predicted octanol–water partition coefficient (Wildman–Crippen LogP) is 4.46. The van der Waals surface area contributed by atoms with Crippen LogP contribution in [0.25, 0.3) is 0 Å². The van der Waals surface area contributed by atoms with Crippen LogP contribution < -0.4 is 5.32 Å². The van der Waals surface area contributed by atoms with E-state index in [1.807, 2.05) is 24.3 Å². The number of benzene rings is 2. The van der Waals surface area contributed by atoms with Gasteiger partial charge in [-0.1, -0.05) is 46.1 Å². The van der Waals surface area contributed by atoms with Gasteiger partial charge in [0.05, 0.1) is 22.0 Å². The van der Waals surface area contributed by atoms with E-state index in [-0.39, 0.29) is 17.2 Å². The van der Waals surface area contributed by atoms with Crippen LogP contribution in [0.3, 0.4) is 0 Å². The van der Waals surface area contributed by atoms with Crippen molar-refractivity contribution in [1.29, 1.82) is 0 Å². The molecule has 0 aliphatic carbocycles. The van der Waals surface area contributed by atoms with Crippen LogP contribution in [0.5, 0.6) is 0 Å². The van der Waals surface area contributed by atoms with Crippen LogP contribution >= 0.6 is 27.5 Å². The molecule has 5 nitrogen and oxygen atoms in total. The summed E-state index contributed by atoms with van der Waals surface area (Å²) >= 11 is 9.53. The molecule has 0 spiro atoms. The van der Waals surface area contributed by atoms with E-state index in [0.717, 1.165) is 29.3 Å². The van der Waals surface area contributed by atoms with Crippen LogP contribution in [0.15, 0.2) is 51.8 Å². The van der Waals surface area contributed by atoms with E-state index in [2.05, 4.69) is 21.2 Å². The predicted molar refractivity (Wildman–Crippen MR) is 111 cm³/mol. The summed E-state index contributed by atoms with van der Waals surface area (Å²) in [6, 6.07) is 11.9. The van der Waals surface area contributed by atoms with Gasteiger partial charge in [0.1, 0.15) is 0 Å². The molecule has 0 unspecified atom stereocenters. The van der Waals surface area contributed by atoms with Gasteiger partial charge in [0, 0.05) is 17.6 Å². The van der Waals surface area contributed by atoms with Gasteiger partial charge in [0.2, 0.25) is 15.9 Å². The molecule has 1 heterocycles. The molecule has 1 saturated heterocycles. The Morgan fingerprint density at radius 2 is 1.74 bits per heavy atom. The molecule has 2 aromatic rings. The number of piperidine rings is 1. The average Bonchev–Trinajstić information content (AvgIpc) is 2.66. The number of sulfonamides is 1. The maximum absolute atomic E-state index is 12.8. The lowest BCUT2D eigenvalue weighted by Gasteiger charge is -2.26. The van der Waals surface area contributed by atoms with Crippen LogP contribution in [0, 0.1) is 0 Å². The largest absolute Gasteiger partial charge is 0.324 e. The minimum absolute atomic E-state index is 0.146. The second kappa shape index (κ2) is 8.73. The van der Waals surface area contributed by atoms with Crippen molar-refractivity contribution in [3.8, 4) is 0 Å². The minimum atomic E-state index is -3.58. The molecule has 0 radical (unpaired) electrons. The number of nitrogens with zero attached hydrogens (tertiary/aromatic N) is 1. The van der Waals surface area contributed by atoms with E-state index >= 15 is 0 Å². The zero-order valence-corrected chi connectivity index (χ0v) is 17.8. The highest BCUT2D eigenvalue weighted by molar-refractivity contribution is 9.10. The lowest BCUT2D eigenvalue weighted by atomic mass is 10.1. The minimum Gasteiger partial charge on any atom is -0.324 e. The Hall–Kier alpha value is -1.41. The van der Waals surface area contributed by atoms with E-state index < -0.39 is 10.0 Å². The number of hydrogen-bond acceptors (Lipinski definition) is 3. The summed E-state index contributed by atoms with van der Waals surface area (Å²) in [7, 11) is -3.58. The van der Waals surface area contributed by atoms with Gasteiger partial charge in [-0.15, -0.1) is 0 Å². The molecule has 1 amide bonds. The Labute approximate surface area is 172 Å². The summed E-state index contributed by atoms with van der Waals surface area (Å²) in [5.41, 5.74) is 1.15. The van der Waals surface area contributed by atoms with E-state index in [9.17, 15) is 13.2 Å². The lowest BCUT2D eigenvalue weighted by Crippen LogP contribution is -2.35. The molecule has 1 aliphatic heterocycles. The van der Waals surface area contributed by atoms with Gasteiger partial charge in [-0.2, -0.15) is 4.31 Å². The summed E-state index contributed by atoms with van der Waals surface area (Å²) in [5.74, 6) is -0.258. The second-order valence-electron chi connectivity index (χ2n) is 6.46. The zero-order chi connectivity index (χ0) is 19.4. The molecule has 2 aromatic carbocycles. The molecular formula is C19H20BrClN2O3S.